The van der Waals surface area contributed by atoms with Gasteiger partial charge in [-0.15, -0.1) is 24.0 Å². The third-order valence-corrected chi connectivity index (χ3v) is 3.81. The van der Waals surface area contributed by atoms with E-state index >= 15 is 0 Å². The number of aliphatic imine (C=N–C) groups is 1. The van der Waals surface area contributed by atoms with Crippen molar-refractivity contribution in [3.63, 3.8) is 0 Å². The molecule has 3 N–H and O–H groups in total. The number of nitrogens with one attached hydrogen (secondary N) is 1. The molecule has 0 heterocycles. The third kappa shape index (κ3) is 4.36. The lowest BCUT2D eigenvalue weighted by atomic mass is 9.92. The molecule has 0 radical (unpaired) electrons. The topological polar surface area (TPSA) is 50.4 Å². The van der Waals surface area contributed by atoms with Gasteiger partial charge in [0, 0.05) is 12.0 Å². The highest BCUT2D eigenvalue weighted by Gasteiger charge is 2.44. The molecule has 0 atom stereocenters. The van der Waals surface area contributed by atoms with Gasteiger partial charge < -0.3 is 11.1 Å². The molecule has 1 aromatic rings. The zero-order chi connectivity index (χ0) is 13.9. The molecule has 1 aromatic carbocycles. The molecule has 1 fully saturated rings. The second-order valence-corrected chi connectivity index (χ2v) is 6.07. The number of halogens is 1. The Morgan fingerprint density at radius 3 is 2.55 bits per heavy atom. The predicted molar refractivity (Wildman–Crippen MR) is 96.8 cm³/mol. The van der Waals surface area contributed by atoms with Gasteiger partial charge in [0.05, 0.1) is 6.54 Å². The van der Waals surface area contributed by atoms with E-state index < -0.39 is 0 Å². The lowest BCUT2D eigenvalue weighted by molar-refractivity contribution is 0.618. The average molecular weight is 387 g/mol. The molecular formula is C16H26IN3. The Kier molecular flexibility index (Phi) is 6.30. The van der Waals surface area contributed by atoms with Crippen molar-refractivity contribution in [2.75, 3.05) is 13.1 Å². The molecule has 0 aliphatic heterocycles. The molecule has 20 heavy (non-hydrogen) atoms. The quantitative estimate of drug-likeness (QED) is 0.463. The number of aryl methyl sites for hydroxylation is 1. The van der Waals surface area contributed by atoms with Crippen LogP contribution in [-0.4, -0.2) is 19.0 Å². The van der Waals surface area contributed by atoms with Crippen LogP contribution in [-0.2, 0) is 5.41 Å². The first-order valence-corrected chi connectivity index (χ1v) is 7.13. The number of hydrogen-bond acceptors (Lipinski definition) is 1. The second kappa shape index (κ2) is 7.29. The van der Waals surface area contributed by atoms with Crippen LogP contribution in [0.25, 0.3) is 0 Å². The van der Waals surface area contributed by atoms with Crippen molar-refractivity contribution in [2.24, 2.45) is 16.6 Å². The first kappa shape index (κ1) is 17.3. The van der Waals surface area contributed by atoms with Crippen LogP contribution in [0.15, 0.2) is 29.3 Å². The molecule has 112 valence electrons. The smallest absolute Gasteiger partial charge is 0.188 e. The maximum atomic E-state index is 5.91. The van der Waals surface area contributed by atoms with E-state index in [9.17, 15) is 0 Å². The third-order valence-electron chi connectivity index (χ3n) is 3.81. The Hall–Kier alpha value is -0.780. The minimum absolute atomic E-state index is 0. The minimum atomic E-state index is 0. The van der Waals surface area contributed by atoms with E-state index in [1.165, 1.54) is 24.0 Å². The normalized spacial score (nSPS) is 16.7. The summed E-state index contributed by atoms with van der Waals surface area (Å²) in [7, 11) is 0. The van der Waals surface area contributed by atoms with Gasteiger partial charge in [-0.25, -0.2) is 0 Å². The molecule has 3 nitrogen and oxygen atoms in total. The van der Waals surface area contributed by atoms with Crippen LogP contribution in [0.5, 0.6) is 0 Å². The zero-order valence-corrected chi connectivity index (χ0v) is 15.0. The molecule has 1 aliphatic rings. The number of rotatable bonds is 5. The number of hydrogen-bond donors (Lipinski definition) is 2. The molecule has 0 saturated heterocycles. The highest BCUT2D eigenvalue weighted by molar-refractivity contribution is 14.0. The average Bonchev–Trinajstić information content (AvgIpc) is 3.15. The number of guanidine groups is 1. The largest absolute Gasteiger partial charge is 0.370 e. The lowest BCUT2D eigenvalue weighted by Gasteiger charge is -2.16. The van der Waals surface area contributed by atoms with Crippen LogP contribution < -0.4 is 11.1 Å². The molecule has 1 saturated carbocycles. The van der Waals surface area contributed by atoms with Crippen LogP contribution in [0.1, 0.15) is 37.8 Å². The fraction of sp³-hybridized carbons (Fsp3) is 0.562. The Morgan fingerprint density at radius 2 is 2.00 bits per heavy atom. The van der Waals surface area contributed by atoms with E-state index in [0.717, 1.165) is 13.1 Å². The standard InChI is InChI=1S/C16H25N3.HI/c1-12(2)10-18-15(17)19-11-16(8-9-16)14-7-5-4-6-13(14)3;/h4-7,12H,8-11H2,1-3H3,(H3,17,18,19);1H. The summed E-state index contributed by atoms with van der Waals surface area (Å²) in [5.41, 5.74) is 8.96. The van der Waals surface area contributed by atoms with Gasteiger partial charge in [-0.3, -0.25) is 4.99 Å². The Morgan fingerprint density at radius 1 is 1.35 bits per heavy atom. The molecule has 0 unspecified atom stereocenters. The Balaban J connectivity index is 0.00000200. The maximum absolute atomic E-state index is 5.91. The summed E-state index contributed by atoms with van der Waals surface area (Å²) < 4.78 is 0. The number of nitrogens with two attached hydrogens (primary N) is 1. The lowest BCUT2D eigenvalue weighted by Crippen LogP contribution is -2.35. The Labute approximate surface area is 139 Å². The first-order valence-electron chi connectivity index (χ1n) is 7.13. The zero-order valence-electron chi connectivity index (χ0n) is 12.6. The van der Waals surface area contributed by atoms with E-state index in [1.807, 2.05) is 0 Å². The second-order valence-electron chi connectivity index (χ2n) is 6.07. The van der Waals surface area contributed by atoms with Crippen molar-refractivity contribution < 1.29 is 0 Å². The van der Waals surface area contributed by atoms with Gasteiger partial charge >= 0.3 is 0 Å². The van der Waals surface area contributed by atoms with Gasteiger partial charge in [0.1, 0.15) is 0 Å². The SMILES string of the molecule is Cc1ccccc1C1(CN=C(N)NCC(C)C)CC1.I. The van der Waals surface area contributed by atoms with Crippen molar-refractivity contribution in [3.05, 3.63) is 35.4 Å². The van der Waals surface area contributed by atoms with Gasteiger partial charge in [-0.2, -0.15) is 0 Å². The van der Waals surface area contributed by atoms with Gasteiger partial charge in [0.15, 0.2) is 5.96 Å². The summed E-state index contributed by atoms with van der Waals surface area (Å²) in [4.78, 5) is 4.53. The van der Waals surface area contributed by atoms with E-state index in [2.05, 4.69) is 55.3 Å². The molecule has 0 spiro atoms. The summed E-state index contributed by atoms with van der Waals surface area (Å²) in [6.07, 6.45) is 2.44. The fourth-order valence-corrected chi connectivity index (χ4v) is 2.43. The number of nitrogens with zero attached hydrogens (tertiary/aromatic N) is 1. The van der Waals surface area contributed by atoms with Crippen molar-refractivity contribution in [2.45, 2.75) is 39.0 Å². The van der Waals surface area contributed by atoms with Crippen molar-refractivity contribution in [1.82, 2.24) is 5.32 Å². The van der Waals surface area contributed by atoms with E-state index in [-0.39, 0.29) is 29.4 Å². The highest BCUT2D eigenvalue weighted by atomic mass is 127. The van der Waals surface area contributed by atoms with E-state index in [1.54, 1.807) is 0 Å². The summed E-state index contributed by atoms with van der Waals surface area (Å²) in [6.45, 7) is 8.19. The van der Waals surface area contributed by atoms with Crippen molar-refractivity contribution >= 4 is 29.9 Å². The van der Waals surface area contributed by atoms with Crippen LogP contribution in [0.3, 0.4) is 0 Å². The number of benzene rings is 1. The van der Waals surface area contributed by atoms with Crippen LogP contribution in [0, 0.1) is 12.8 Å². The van der Waals surface area contributed by atoms with Gasteiger partial charge in [0.2, 0.25) is 0 Å². The molecular weight excluding hydrogens is 361 g/mol. The van der Waals surface area contributed by atoms with Gasteiger partial charge in [-0.1, -0.05) is 38.1 Å². The molecule has 4 heteroatoms. The van der Waals surface area contributed by atoms with Crippen LogP contribution in [0.4, 0.5) is 0 Å². The van der Waals surface area contributed by atoms with Crippen molar-refractivity contribution in [1.29, 1.82) is 0 Å². The van der Waals surface area contributed by atoms with Gasteiger partial charge in [-0.05, 0) is 36.8 Å². The van der Waals surface area contributed by atoms with Crippen molar-refractivity contribution in [3.8, 4) is 0 Å². The Bertz CT molecular complexity index is 465. The molecule has 0 aromatic heterocycles. The van der Waals surface area contributed by atoms with E-state index in [4.69, 9.17) is 5.73 Å². The summed E-state index contributed by atoms with van der Waals surface area (Å²) in [6, 6.07) is 8.62. The fourth-order valence-electron chi connectivity index (χ4n) is 2.43. The molecule has 1 aliphatic carbocycles. The van der Waals surface area contributed by atoms with Crippen LogP contribution >= 0.6 is 24.0 Å². The summed E-state index contributed by atoms with van der Waals surface area (Å²) >= 11 is 0. The van der Waals surface area contributed by atoms with E-state index in [0.29, 0.717) is 11.9 Å². The predicted octanol–water partition coefficient (Wildman–Crippen LogP) is 3.20. The molecule has 0 bridgehead atoms. The minimum Gasteiger partial charge on any atom is -0.370 e. The van der Waals surface area contributed by atoms with Gasteiger partial charge in [0.25, 0.3) is 0 Å². The molecule has 0 amide bonds. The monoisotopic (exact) mass is 387 g/mol. The molecule has 2 rings (SSSR count). The maximum Gasteiger partial charge on any atom is 0.188 e. The first-order chi connectivity index (χ1) is 9.03. The highest BCUT2D eigenvalue weighted by Crippen LogP contribution is 2.49. The van der Waals surface area contributed by atoms with Crippen LogP contribution in [0.2, 0.25) is 0 Å². The summed E-state index contributed by atoms with van der Waals surface area (Å²) in [5, 5.41) is 3.18. The summed E-state index contributed by atoms with van der Waals surface area (Å²) in [5.74, 6) is 1.16.